The SMILES string of the molecule is C.C.c1ccncc1.c1ccncc1.c1ccnnc1.c1cn[nH]n1.c1cn[nH]n1. The maximum Gasteiger partial charge on any atom is 0.0690 e. The molecule has 0 spiro atoms. The van der Waals surface area contributed by atoms with Crippen LogP contribution >= 0.6 is 0 Å². The van der Waals surface area contributed by atoms with E-state index in [9.17, 15) is 0 Å². The van der Waals surface area contributed by atoms with Gasteiger partial charge >= 0.3 is 0 Å². The molecule has 0 saturated carbocycles. The van der Waals surface area contributed by atoms with E-state index in [1.54, 1.807) is 62.0 Å². The van der Waals surface area contributed by atoms with E-state index in [0.29, 0.717) is 0 Å². The van der Waals surface area contributed by atoms with E-state index in [-0.39, 0.29) is 14.9 Å². The van der Waals surface area contributed by atoms with Crippen molar-refractivity contribution < 1.29 is 0 Å². The van der Waals surface area contributed by atoms with Crippen LogP contribution in [-0.2, 0) is 0 Å². The van der Waals surface area contributed by atoms with E-state index in [4.69, 9.17) is 0 Å². The average molecular weight is 409 g/mol. The highest BCUT2D eigenvalue weighted by atomic mass is 15.3. The number of H-pyrrole nitrogens is 2. The van der Waals surface area contributed by atoms with E-state index >= 15 is 0 Å². The highest BCUT2D eigenvalue weighted by Crippen LogP contribution is 1.74. The van der Waals surface area contributed by atoms with E-state index in [1.807, 2.05) is 48.5 Å². The molecular weight excluding hydrogens is 380 g/mol. The van der Waals surface area contributed by atoms with Crippen LogP contribution in [0.2, 0.25) is 0 Å². The molecule has 0 fully saturated rings. The summed E-state index contributed by atoms with van der Waals surface area (Å²) in [6.07, 6.45) is 16.6. The molecule has 5 aromatic heterocycles. The van der Waals surface area contributed by atoms with Crippen molar-refractivity contribution in [2.24, 2.45) is 0 Å². The van der Waals surface area contributed by atoms with Gasteiger partial charge in [-0.2, -0.15) is 41.0 Å². The first-order valence-electron chi connectivity index (χ1n) is 8.01. The molecule has 5 aromatic rings. The molecule has 158 valence electrons. The molecule has 10 heteroatoms. The zero-order valence-electron chi connectivity index (χ0n) is 15.0. The Morgan fingerprint density at radius 2 is 0.633 bits per heavy atom. The number of rotatable bonds is 0. The number of nitrogens with one attached hydrogen (secondary N) is 2. The van der Waals surface area contributed by atoms with Gasteiger partial charge in [-0.25, -0.2) is 0 Å². The van der Waals surface area contributed by atoms with E-state index in [0.717, 1.165) is 0 Å². The monoisotopic (exact) mass is 408 g/mol. The second-order valence-electron chi connectivity index (χ2n) is 4.28. The van der Waals surface area contributed by atoms with Gasteiger partial charge in [0, 0.05) is 37.2 Å². The number of pyridine rings is 2. The van der Waals surface area contributed by atoms with Crippen LogP contribution in [0.1, 0.15) is 14.9 Å². The summed E-state index contributed by atoms with van der Waals surface area (Å²) in [7, 11) is 0. The van der Waals surface area contributed by atoms with Crippen molar-refractivity contribution in [2.45, 2.75) is 14.9 Å². The normalized spacial score (nSPS) is 7.47. The zero-order chi connectivity index (χ0) is 19.8. The Morgan fingerprint density at radius 1 is 0.333 bits per heavy atom. The standard InChI is InChI=1S/2C5H5N.C4H4N2.2C2H3N3.2CH4/c3*1-2-4-6-5-3-1;2*1-2-4-5-3-1;;/h2*1-5H;1-4H;2*1-2H,(H,3,4,5);2*1H4. The van der Waals surface area contributed by atoms with Gasteiger partial charge < -0.3 is 0 Å². The van der Waals surface area contributed by atoms with Gasteiger partial charge in [0.05, 0.1) is 24.8 Å². The molecule has 0 bridgehead atoms. The highest BCUT2D eigenvalue weighted by Gasteiger charge is 1.60. The van der Waals surface area contributed by atoms with Gasteiger partial charge in [0.2, 0.25) is 0 Å². The molecular formula is C20H28N10. The Kier molecular flexibility index (Phi) is 22.9. The van der Waals surface area contributed by atoms with Crippen LogP contribution < -0.4 is 0 Å². The lowest BCUT2D eigenvalue weighted by Gasteiger charge is -1.70. The minimum atomic E-state index is 0. The molecule has 0 aliphatic carbocycles. The molecule has 5 heterocycles. The molecule has 30 heavy (non-hydrogen) atoms. The number of hydrogen-bond donors (Lipinski definition) is 2. The maximum absolute atomic E-state index is 3.78. The predicted octanol–water partition coefficient (Wildman–Crippen LogP) is 3.52. The largest absolute Gasteiger partial charge is 0.265 e. The quantitative estimate of drug-likeness (QED) is 0.397. The third kappa shape index (κ3) is 21.7. The lowest BCUT2D eigenvalue weighted by molar-refractivity contribution is 0.940. The Morgan fingerprint density at radius 3 is 0.733 bits per heavy atom. The van der Waals surface area contributed by atoms with Crippen molar-refractivity contribution in [1.82, 2.24) is 51.0 Å². The van der Waals surface area contributed by atoms with Gasteiger partial charge in [0.1, 0.15) is 0 Å². The van der Waals surface area contributed by atoms with Crippen molar-refractivity contribution in [3.8, 4) is 0 Å². The fourth-order valence-corrected chi connectivity index (χ4v) is 1.21. The van der Waals surface area contributed by atoms with Crippen molar-refractivity contribution in [3.05, 3.63) is 110 Å². The molecule has 0 amide bonds. The smallest absolute Gasteiger partial charge is 0.0690 e. The molecule has 0 aliphatic rings. The van der Waals surface area contributed by atoms with Crippen LogP contribution in [0.15, 0.2) is 110 Å². The third-order valence-electron chi connectivity index (χ3n) is 2.28. The van der Waals surface area contributed by atoms with E-state index < -0.39 is 0 Å². The topological polar surface area (TPSA) is 135 Å². The molecule has 0 unspecified atom stereocenters. The zero-order valence-corrected chi connectivity index (χ0v) is 15.0. The van der Waals surface area contributed by atoms with Crippen LogP contribution in [0.4, 0.5) is 0 Å². The first-order chi connectivity index (χ1) is 14.0. The van der Waals surface area contributed by atoms with Crippen molar-refractivity contribution in [3.63, 3.8) is 0 Å². The van der Waals surface area contributed by atoms with E-state index in [2.05, 4.69) is 51.0 Å². The lowest BCUT2D eigenvalue weighted by Crippen LogP contribution is -1.69. The first-order valence-corrected chi connectivity index (χ1v) is 8.01. The first kappa shape index (κ1) is 27.9. The summed E-state index contributed by atoms with van der Waals surface area (Å²) in [5, 5.41) is 25.7. The number of aromatic amines is 2. The van der Waals surface area contributed by atoms with Crippen molar-refractivity contribution in [2.75, 3.05) is 0 Å². The maximum atomic E-state index is 3.78. The Balaban J connectivity index is 0. The Hall–Kier alpha value is -4.34. The molecule has 5 rings (SSSR count). The van der Waals surface area contributed by atoms with Gasteiger partial charge in [0.15, 0.2) is 0 Å². The average Bonchev–Trinajstić information content (AvgIpc) is 3.58. The molecule has 0 aliphatic heterocycles. The summed E-state index contributed by atoms with van der Waals surface area (Å²) in [5.41, 5.74) is 0. The van der Waals surface area contributed by atoms with Crippen LogP contribution in [0.5, 0.6) is 0 Å². The molecule has 0 atom stereocenters. The van der Waals surface area contributed by atoms with Crippen LogP contribution in [0.3, 0.4) is 0 Å². The highest BCUT2D eigenvalue weighted by molar-refractivity contribution is 4.88. The van der Waals surface area contributed by atoms with Gasteiger partial charge in [-0.1, -0.05) is 27.0 Å². The summed E-state index contributed by atoms with van der Waals surface area (Å²) in [4.78, 5) is 7.57. The molecule has 0 aromatic carbocycles. The second kappa shape index (κ2) is 24.7. The number of aromatic nitrogens is 10. The number of nitrogens with zero attached hydrogens (tertiary/aromatic N) is 8. The minimum absolute atomic E-state index is 0. The molecule has 0 saturated heterocycles. The van der Waals surface area contributed by atoms with Crippen molar-refractivity contribution in [1.29, 1.82) is 0 Å². The second-order valence-corrected chi connectivity index (χ2v) is 4.28. The lowest BCUT2D eigenvalue weighted by atomic mass is 10.5. The molecule has 2 N–H and O–H groups in total. The van der Waals surface area contributed by atoms with E-state index in [1.165, 1.54) is 0 Å². The molecule has 10 nitrogen and oxygen atoms in total. The Bertz CT molecular complexity index is 596. The van der Waals surface area contributed by atoms with Gasteiger partial charge in [0.25, 0.3) is 0 Å². The summed E-state index contributed by atoms with van der Waals surface area (Å²) in [5.74, 6) is 0. The fraction of sp³-hybridized carbons (Fsp3) is 0.100. The van der Waals surface area contributed by atoms with Crippen LogP contribution in [-0.4, -0.2) is 51.0 Å². The summed E-state index contributed by atoms with van der Waals surface area (Å²) in [6, 6.07) is 15.1. The third-order valence-corrected chi connectivity index (χ3v) is 2.28. The van der Waals surface area contributed by atoms with Gasteiger partial charge in [-0.05, 0) is 36.4 Å². The predicted molar refractivity (Wildman–Crippen MR) is 117 cm³/mol. The van der Waals surface area contributed by atoms with Gasteiger partial charge in [-0.15, -0.1) is 0 Å². The summed E-state index contributed by atoms with van der Waals surface area (Å²) in [6.45, 7) is 0. The molecule has 0 radical (unpaired) electrons. The van der Waals surface area contributed by atoms with Crippen LogP contribution in [0, 0.1) is 0 Å². The Labute approximate surface area is 176 Å². The summed E-state index contributed by atoms with van der Waals surface area (Å²) < 4.78 is 0. The van der Waals surface area contributed by atoms with Crippen molar-refractivity contribution >= 4 is 0 Å². The summed E-state index contributed by atoms with van der Waals surface area (Å²) >= 11 is 0. The number of hydrogen-bond acceptors (Lipinski definition) is 8. The minimum Gasteiger partial charge on any atom is -0.265 e. The van der Waals surface area contributed by atoms with Crippen LogP contribution in [0.25, 0.3) is 0 Å². The van der Waals surface area contributed by atoms with Gasteiger partial charge in [-0.3, -0.25) is 9.97 Å². The fourth-order valence-electron chi connectivity index (χ4n) is 1.21.